The van der Waals surface area contributed by atoms with Gasteiger partial charge in [0.15, 0.2) is 0 Å². The number of carbonyl (C=O) groups is 1. The number of halogens is 1. The molecule has 1 aromatic rings. The van der Waals surface area contributed by atoms with Gasteiger partial charge in [0.05, 0.1) is 6.10 Å². The Hall–Kier alpha value is -1.62. The molecule has 4 nitrogen and oxygen atoms in total. The number of hydrogen-bond donors (Lipinski definition) is 2. The number of urea groups is 1. The summed E-state index contributed by atoms with van der Waals surface area (Å²) >= 11 is 0. The molecule has 1 fully saturated rings. The molecule has 1 aromatic carbocycles. The molecular formula is C18H27FN2O2. The van der Waals surface area contributed by atoms with E-state index in [4.69, 9.17) is 0 Å². The average molecular weight is 322 g/mol. The molecule has 1 saturated heterocycles. The van der Waals surface area contributed by atoms with Crippen LogP contribution in [-0.2, 0) is 0 Å². The van der Waals surface area contributed by atoms with Crippen LogP contribution in [0.1, 0.15) is 51.7 Å². The van der Waals surface area contributed by atoms with Crippen LogP contribution in [0.25, 0.3) is 0 Å². The smallest absolute Gasteiger partial charge is 0.317 e. The first kappa shape index (κ1) is 17.7. The fourth-order valence-corrected chi connectivity index (χ4v) is 2.87. The summed E-state index contributed by atoms with van der Waals surface area (Å²) in [7, 11) is 0. The lowest BCUT2D eigenvalue weighted by Crippen LogP contribution is -2.47. The van der Waals surface area contributed by atoms with E-state index in [2.05, 4.69) is 19.2 Å². The van der Waals surface area contributed by atoms with Gasteiger partial charge in [-0.1, -0.05) is 26.0 Å². The molecule has 1 aliphatic heterocycles. The Balaban J connectivity index is 1.95. The molecule has 3 unspecified atom stereocenters. The van der Waals surface area contributed by atoms with Crippen LogP contribution in [0.4, 0.5) is 9.18 Å². The molecule has 3 atom stereocenters. The molecule has 5 heteroatoms. The van der Waals surface area contributed by atoms with Gasteiger partial charge in [-0.2, -0.15) is 0 Å². The summed E-state index contributed by atoms with van der Waals surface area (Å²) < 4.78 is 13.0. The molecule has 1 aliphatic rings. The standard InChI is InChI=1S/C18H27FN2O2/c1-12(2)13(3)20-18(23)21-10-4-5-16(21)11-17(22)14-6-8-15(19)9-7-14/h6-9,12-13,16-17,22H,4-5,10-11H2,1-3H3,(H,20,23). The minimum atomic E-state index is -0.684. The third-order valence-corrected chi connectivity index (χ3v) is 4.74. The first-order valence-electron chi connectivity index (χ1n) is 8.39. The molecule has 2 amide bonds. The van der Waals surface area contributed by atoms with Crippen LogP contribution in [0, 0.1) is 11.7 Å². The van der Waals surface area contributed by atoms with E-state index in [1.165, 1.54) is 12.1 Å². The van der Waals surface area contributed by atoms with Gasteiger partial charge >= 0.3 is 6.03 Å². The van der Waals surface area contributed by atoms with Crippen molar-refractivity contribution < 1.29 is 14.3 Å². The van der Waals surface area contributed by atoms with E-state index in [-0.39, 0.29) is 23.9 Å². The van der Waals surface area contributed by atoms with Crippen molar-refractivity contribution in [1.82, 2.24) is 10.2 Å². The molecule has 2 rings (SSSR count). The van der Waals surface area contributed by atoms with Gasteiger partial charge < -0.3 is 15.3 Å². The van der Waals surface area contributed by atoms with E-state index in [9.17, 15) is 14.3 Å². The first-order valence-corrected chi connectivity index (χ1v) is 8.39. The molecule has 0 bridgehead atoms. The highest BCUT2D eigenvalue weighted by molar-refractivity contribution is 5.75. The Labute approximate surface area is 137 Å². The first-order chi connectivity index (χ1) is 10.9. The third kappa shape index (κ3) is 4.67. The number of amides is 2. The molecule has 128 valence electrons. The van der Waals surface area contributed by atoms with Crippen molar-refractivity contribution in [3.8, 4) is 0 Å². The van der Waals surface area contributed by atoms with Gasteiger partial charge in [-0.25, -0.2) is 9.18 Å². The van der Waals surface area contributed by atoms with Crippen LogP contribution >= 0.6 is 0 Å². The lowest BCUT2D eigenvalue weighted by atomic mass is 10.0. The predicted octanol–water partition coefficient (Wildman–Crippen LogP) is 3.47. The lowest BCUT2D eigenvalue weighted by molar-refractivity contribution is 0.125. The van der Waals surface area contributed by atoms with Gasteiger partial charge in [0, 0.05) is 18.6 Å². The second-order valence-electron chi connectivity index (χ2n) is 6.77. The van der Waals surface area contributed by atoms with E-state index in [0.717, 1.165) is 19.4 Å². The Morgan fingerprint density at radius 2 is 2.00 bits per heavy atom. The number of hydrogen-bond acceptors (Lipinski definition) is 2. The molecule has 0 radical (unpaired) electrons. The Morgan fingerprint density at radius 3 is 2.61 bits per heavy atom. The zero-order valence-electron chi connectivity index (χ0n) is 14.1. The largest absolute Gasteiger partial charge is 0.388 e. The number of rotatable bonds is 5. The highest BCUT2D eigenvalue weighted by Crippen LogP contribution is 2.27. The number of likely N-dealkylation sites (tertiary alicyclic amines) is 1. The monoisotopic (exact) mass is 322 g/mol. The molecule has 0 aromatic heterocycles. The maximum absolute atomic E-state index is 13.0. The highest BCUT2D eigenvalue weighted by atomic mass is 19.1. The summed E-state index contributed by atoms with van der Waals surface area (Å²) in [6.07, 6.45) is 1.64. The van der Waals surface area contributed by atoms with Gasteiger partial charge in [0.25, 0.3) is 0 Å². The van der Waals surface area contributed by atoms with Crippen LogP contribution in [0.2, 0.25) is 0 Å². The summed E-state index contributed by atoms with van der Waals surface area (Å²) in [5.74, 6) is 0.0651. The second kappa shape index (κ2) is 7.77. The fraction of sp³-hybridized carbons (Fsp3) is 0.611. The van der Waals surface area contributed by atoms with Crippen molar-refractivity contribution in [2.45, 2.75) is 58.2 Å². The van der Waals surface area contributed by atoms with E-state index in [0.29, 0.717) is 17.9 Å². The minimum Gasteiger partial charge on any atom is -0.388 e. The molecule has 0 saturated carbocycles. The van der Waals surface area contributed by atoms with E-state index >= 15 is 0 Å². The topological polar surface area (TPSA) is 52.6 Å². The van der Waals surface area contributed by atoms with Gasteiger partial charge in [-0.3, -0.25) is 0 Å². The molecule has 1 heterocycles. The van der Waals surface area contributed by atoms with Gasteiger partial charge in [-0.15, -0.1) is 0 Å². The third-order valence-electron chi connectivity index (χ3n) is 4.74. The summed E-state index contributed by atoms with van der Waals surface area (Å²) in [4.78, 5) is 14.2. The highest BCUT2D eigenvalue weighted by Gasteiger charge is 2.31. The van der Waals surface area contributed by atoms with E-state index in [1.807, 2.05) is 11.8 Å². The van der Waals surface area contributed by atoms with Crippen LogP contribution < -0.4 is 5.32 Å². The van der Waals surface area contributed by atoms with Crippen LogP contribution in [0.15, 0.2) is 24.3 Å². The predicted molar refractivity (Wildman–Crippen MR) is 88.5 cm³/mol. The zero-order chi connectivity index (χ0) is 17.0. The molecular weight excluding hydrogens is 295 g/mol. The molecule has 0 spiro atoms. The van der Waals surface area contributed by atoms with Gasteiger partial charge in [0.2, 0.25) is 0 Å². The number of aliphatic hydroxyl groups is 1. The van der Waals surface area contributed by atoms with Crippen LogP contribution in [0.3, 0.4) is 0 Å². The van der Waals surface area contributed by atoms with Crippen molar-refractivity contribution in [3.63, 3.8) is 0 Å². The SMILES string of the molecule is CC(C)C(C)NC(=O)N1CCCC1CC(O)c1ccc(F)cc1. The summed E-state index contributed by atoms with van der Waals surface area (Å²) in [6.45, 7) is 6.87. The summed E-state index contributed by atoms with van der Waals surface area (Å²) in [5.41, 5.74) is 0.689. The normalized spacial score (nSPS) is 20.6. The maximum atomic E-state index is 13.0. The van der Waals surface area contributed by atoms with Crippen LogP contribution in [-0.4, -0.2) is 34.7 Å². The number of benzene rings is 1. The molecule has 0 aliphatic carbocycles. The quantitative estimate of drug-likeness (QED) is 0.872. The summed E-state index contributed by atoms with van der Waals surface area (Å²) in [6, 6.07) is 5.98. The maximum Gasteiger partial charge on any atom is 0.317 e. The van der Waals surface area contributed by atoms with E-state index in [1.54, 1.807) is 12.1 Å². The number of carbonyl (C=O) groups excluding carboxylic acids is 1. The second-order valence-corrected chi connectivity index (χ2v) is 6.77. The average Bonchev–Trinajstić information content (AvgIpc) is 2.95. The van der Waals surface area contributed by atoms with Crippen molar-refractivity contribution in [2.24, 2.45) is 5.92 Å². The molecule has 2 N–H and O–H groups in total. The summed E-state index contributed by atoms with van der Waals surface area (Å²) in [5, 5.41) is 13.4. The van der Waals surface area contributed by atoms with Crippen molar-refractivity contribution in [3.05, 3.63) is 35.6 Å². The number of nitrogens with zero attached hydrogens (tertiary/aromatic N) is 1. The molecule has 23 heavy (non-hydrogen) atoms. The minimum absolute atomic E-state index is 0.0226. The van der Waals surface area contributed by atoms with Crippen molar-refractivity contribution >= 4 is 6.03 Å². The van der Waals surface area contributed by atoms with E-state index < -0.39 is 6.10 Å². The number of aliphatic hydroxyl groups excluding tert-OH is 1. The zero-order valence-corrected chi connectivity index (χ0v) is 14.1. The van der Waals surface area contributed by atoms with Crippen LogP contribution in [0.5, 0.6) is 0 Å². The Morgan fingerprint density at radius 1 is 1.35 bits per heavy atom. The fourth-order valence-electron chi connectivity index (χ4n) is 2.87. The van der Waals surface area contributed by atoms with Gasteiger partial charge in [-0.05, 0) is 49.8 Å². The Kier molecular flexibility index (Phi) is 5.99. The Bertz CT molecular complexity index is 518. The number of nitrogens with one attached hydrogen (secondary N) is 1. The van der Waals surface area contributed by atoms with Crippen molar-refractivity contribution in [2.75, 3.05) is 6.54 Å². The van der Waals surface area contributed by atoms with Gasteiger partial charge in [0.1, 0.15) is 5.82 Å². The lowest BCUT2D eigenvalue weighted by Gasteiger charge is -2.29. The van der Waals surface area contributed by atoms with Crippen molar-refractivity contribution in [1.29, 1.82) is 0 Å².